The van der Waals surface area contributed by atoms with Crippen LogP contribution in [0.15, 0.2) is 48.9 Å². The van der Waals surface area contributed by atoms with Crippen LogP contribution in [0.5, 0.6) is 11.5 Å². The molecule has 8 nitrogen and oxygen atoms in total. The number of amides is 1. The maximum absolute atomic E-state index is 14.7. The second kappa shape index (κ2) is 8.72. The Kier molecular flexibility index (Phi) is 5.39. The number of carbonyl (C=O) groups excluding carboxylic acids is 2. The molecule has 180 valence electrons. The van der Waals surface area contributed by atoms with Crippen molar-refractivity contribution in [2.45, 2.75) is 25.3 Å². The number of rotatable bonds is 6. The van der Waals surface area contributed by atoms with E-state index in [2.05, 4.69) is 10.3 Å². The molecule has 3 aromatic rings. The lowest BCUT2D eigenvalue weighted by Crippen LogP contribution is -2.42. The molecule has 1 N–H and O–H groups in total. The molecule has 1 saturated heterocycles. The van der Waals surface area contributed by atoms with Crippen LogP contribution in [-0.2, 0) is 9.59 Å². The van der Waals surface area contributed by atoms with E-state index in [9.17, 15) is 14.0 Å². The molecule has 2 aromatic carbocycles. The standard InChI is InChI=1S/C26H25FN4O4/c27-19-3-1-2-18-21-12-28-14-31(21)20(26(18)19)11-22(32)16-6-8-30(9-7-16)25(33)13-29-17-4-5-23-24(10-17)35-15-34-23/h1-5,10,12,14,16,20,29H,6-9,11,13,15H2. The molecule has 0 aliphatic carbocycles. The molecule has 1 amide bonds. The largest absolute Gasteiger partial charge is 0.454 e. The van der Waals surface area contributed by atoms with Crippen molar-refractivity contribution < 1.29 is 23.5 Å². The van der Waals surface area contributed by atoms with Gasteiger partial charge in [0.2, 0.25) is 12.7 Å². The topological polar surface area (TPSA) is 85.7 Å². The number of ether oxygens (including phenoxy) is 2. The average molecular weight is 477 g/mol. The van der Waals surface area contributed by atoms with Gasteiger partial charge in [0.15, 0.2) is 11.5 Å². The monoisotopic (exact) mass is 476 g/mol. The molecular weight excluding hydrogens is 451 g/mol. The van der Waals surface area contributed by atoms with Gasteiger partial charge in [0.1, 0.15) is 11.6 Å². The van der Waals surface area contributed by atoms with Gasteiger partial charge < -0.3 is 24.3 Å². The normalized spacial score (nSPS) is 18.3. The first-order valence-corrected chi connectivity index (χ1v) is 11.8. The molecule has 0 spiro atoms. The van der Waals surface area contributed by atoms with Gasteiger partial charge >= 0.3 is 0 Å². The van der Waals surface area contributed by atoms with Crippen LogP contribution in [0.4, 0.5) is 10.1 Å². The number of hydrogen-bond acceptors (Lipinski definition) is 6. The maximum atomic E-state index is 14.7. The Labute approximate surface area is 201 Å². The van der Waals surface area contributed by atoms with Crippen LogP contribution in [0, 0.1) is 11.7 Å². The van der Waals surface area contributed by atoms with Crippen LogP contribution in [0.25, 0.3) is 11.3 Å². The molecule has 4 heterocycles. The van der Waals surface area contributed by atoms with Crippen molar-refractivity contribution in [2.24, 2.45) is 5.92 Å². The Morgan fingerprint density at radius 3 is 2.80 bits per heavy atom. The van der Waals surface area contributed by atoms with E-state index in [4.69, 9.17) is 9.47 Å². The summed E-state index contributed by atoms with van der Waals surface area (Å²) in [4.78, 5) is 31.9. The van der Waals surface area contributed by atoms with Crippen molar-refractivity contribution in [3.05, 3.63) is 60.3 Å². The number of Topliss-reactive ketones (excluding diaryl/α,β-unsaturated/α-hetero) is 1. The number of nitrogens with zero attached hydrogens (tertiary/aromatic N) is 3. The van der Waals surface area contributed by atoms with E-state index in [1.807, 2.05) is 28.8 Å². The highest BCUT2D eigenvalue weighted by Crippen LogP contribution is 2.43. The van der Waals surface area contributed by atoms with Gasteiger partial charge in [0.25, 0.3) is 0 Å². The number of hydrogen-bond donors (Lipinski definition) is 1. The first kappa shape index (κ1) is 21.6. The van der Waals surface area contributed by atoms with Gasteiger partial charge in [-0.2, -0.15) is 0 Å². The van der Waals surface area contributed by atoms with Gasteiger partial charge in [0, 0.05) is 48.3 Å². The minimum atomic E-state index is -0.373. The zero-order valence-corrected chi connectivity index (χ0v) is 19.1. The van der Waals surface area contributed by atoms with Gasteiger partial charge in [-0.1, -0.05) is 12.1 Å². The molecule has 1 fully saturated rings. The Morgan fingerprint density at radius 1 is 1.11 bits per heavy atom. The Hall–Kier alpha value is -3.88. The number of carbonyl (C=O) groups is 2. The molecule has 1 unspecified atom stereocenters. The van der Waals surface area contributed by atoms with Crippen LogP contribution in [0.3, 0.4) is 0 Å². The van der Waals surface area contributed by atoms with Gasteiger partial charge in [-0.15, -0.1) is 0 Å². The van der Waals surface area contributed by atoms with Gasteiger partial charge in [0.05, 0.1) is 30.8 Å². The van der Waals surface area contributed by atoms with Crippen LogP contribution < -0.4 is 14.8 Å². The smallest absolute Gasteiger partial charge is 0.241 e. The lowest BCUT2D eigenvalue weighted by atomic mass is 9.87. The minimum Gasteiger partial charge on any atom is -0.454 e. The molecule has 1 atom stereocenters. The Morgan fingerprint density at radius 2 is 1.94 bits per heavy atom. The lowest BCUT2D eigenvalue weighted by Gasteiger charge is -2.32. The molecular formula is C26H25FN4O4. The third kappa shape index (κ3) is 3.90. The third-order valence-electron chi connectivity index (χ3n) is 7.18. The average Bonchev–Trinajstić information content (AvgIpc) is 3.60. The predicted octanol–water partition coefficient (Wildman–Crippen LogP) is 3.63. The second-order valence-corrected chi connectivity index (χ2v) is 9.15. The van der Waals surface area contributed by atoms with Gasteiger partial charge in [-0.05, 0) is 31.0 Å². The highest BCUT2D eigenvalue weighted by Gasteiger charge is 2.35. The van der Waals surface area contributed by atoms with E-state index in [-0.39, 0.29) is 49.2 Å². The summed E-state index contributed by atoms with van der Waals surface area (Å²) in [6.07, 6.45) is 4.83. The summed E-state index contributed by atoms with van der Waals surface area (Å²) in [6.45, 7) is 1.44. The van der Waals surface area contributed by atoms with Gasteiger partial charge in [-0.3, -0.25) is 9.59 Å². The first-order valence-electron chi connectivity index (χ1n) is 11.8. The fourth-order valence-electron chi connectivity index (χ4n) is 5.30. The Bertz CT molecular complexity index is 1300. The second-order valence-electron chi connectivity index (χ2n) is 9.15. The quantitative estimate of drug-likeness (QED) is 0.585. The molecule has 0 saturated carbocycles. The molecule has 0 radical (unpaired) electrons. The van der Waals surface area contributed by atoms with Crippen molar-refractivity contribution >= 4 is 17.4 Å². The number of likely N-dealkylation sites (tertiary alicyclic amines) is 1. The van der Waals surface area contributed by atoms with Crippen molar-refractivity contribution in [2.75, 3.05) is 31.7 Å². The van der Waals surface area contributed by atoms with E-state index in [0.29, 0.717) is 43.0 Å². The summed E-state index contributed by atoms with van der Waals surface area (Å²) in [7, 11) is 0. The number of ketones is 1. The summed E-state index contributed by atoms with van der Waals surface area (Å²) >= 11 is 0. The zero-order chi connectivity index (χ0) is 23.9. The van der Waals surface area contributed by atoms with Crippen molar-refractivity contribution in [3.8, 4) is 22.8 Å². The van der Waals surface area contributed by atoms with E-state index in [0.717, 1.165) is 16.9 Å². The summed E-state index contributed by atoms with van der Waals surface area (Å²) in [5.41, 5.74) is 3.00. The number of fused-ring (bicyclic) bond motifs is 4. The molecule has 1 aromatic heterocycles. The summed E-state index contributed by atoms with van der Waals surface area (Å²) in [5.74, 6) is 1.03. The summed E-state index contributed by atoms with van der Waals surface area (Å²) < 4.78 is 27.2. The van der Waals surface area contributed by atoms with Crippen molar-refractivity contribution in [1.29, 1.82) is 0 Å². The fraction of sp³-hybridized carbons (Fsp3) is 0.346. The fourth-order valence-corrected chi connectivity index (χ4v) is 5.30. The third-order valence-corrected chi connectivity index (χ3v) is 7.18. The number of nitrogens with one attached hydrogen (secondary N) is 1. The molecule has 9 heteroatoms. The van der Waals surface area contributed by atoms with Crippen molar-refractivity contribution in [3.63, 3.8) is 0 Å². The lowest BCUT2D eigenvalue weighted by molar-refractivity contribution is -0.133. The van der Waals surface area contributed by atoms with E-state index in [1.165, 1.54) is 6.07 Å². The number of aromatic nitrogens is 2. The SMILES string of the molecule is O=C(CC1c2c(F)cccc2-c2cncn21)C1CCN(C(=O)CNc2ccc3c(c2)OCO3)CC1. The zero-order valence-electron chi connectivity index (χ0n) is 19.1. The van der Waals surface area contributed by atoms with Crippen LogP contribution in [0.1, 0.15) is 30.9 Å². The molecule has 3 aliphatic rings. The summed E-state index contributed by atoms with van der Waals surface area (Å²) in [5, 5.41) is 3.14. The number of piperidine rings is 1. The molecule has 6 rings (SSSR count). The first-order chi connectivity index (χ1) is 17.1. The number of imidazole rings is 1. The van der Waals surface area contributed by atoms with Crippen LogP contribution >= 0.6 is 0 Å². The molecule has 3 aliphatic heterocycles. The number of anilines is 1. The van der Waals surface area contributed by atoms with Crippen LogP contribution in [0.2, 0.25) is 0 Å². The van der Waals surface area contributed by atoms with Crippen LogP contribution in [-0.4, -0.2) is 52.6 Å². The molecule has 35 heavy (non-hydrogen) atoms. The van der Waals surface area contributed by atoms with E-state index in [1.54, 1.807) is 23.5 Å². The highest BCUT2D eigenvalue weighted by atomic mass is 19.1. The Balaban J connectivity index is 1.04. The van der Waals surface area contributed by atoms with E-state index < -0.39 is 0 Å². The highest BCUT2D eigenvalue weighted by molar-refractivity contribution is 5.85. The molecule has 0 bridgehead atoms. The van der Waals surface area contributed by atoms with Gasteiger partial charge in [-0.25, -0.2) is 9.37 Å². The predicted molar refractivity (Wildman–Crippen MR) is 126 cm³/mol. The van der Waals surface area contributed by atoms with E-state index >= 15 is 0 Å². The van der Waals surface area contributed by atoms with Crippen molar-refractivity contribution in [1.82, 2.24) is 14.5 Å². The number of benzene rings is 2. The number of halogens is 1. The maximum Gasteiger partial charge on any atom is 0.241 e. The summed E-state index contributed by atoms with van der Waals surface area (Å²) in [6, 6.07) is 10.1. The minimum absolute atomic E-state index is 0.0107.